The minimum atomic E-state index is -0.367. The Morgan fingerprint density at radius 1 is 1.14 bits per heavy atom. The van der Waals surface area contributed by atoms with Crippen LogP contribution in [0.3, 0.4) is 0 Å². The molecule has 9 heteroatoms. The average molecular weight is 519 g/mol. The molecule has 0 spiro atoms. The molecule has 9 nitrogen and oxygen atoms in total. The average Bonchev–Trinajstić information content (AvgIpc) is 3.66. The molecule has 1 aromatic heterocycles. The van der Waals surface area contributed by atoms with Crippen molar-refractivity contribution in [2.24, 2.45) is 5.92 Å². The first-order valence-corrected chi connectivity index (χ1v) is 13.6. The number of carbonyl (C=O) groups is 3. The summed E-state index contributed by atoms with van der Waals surface area (Å²) in [4.78, 5) is 38.5. The smallest absolute Gasteiger partial charge is 0.410 e. The minimum absolute atomic E-state index is 0.0622. The first-order chi connectivity index (χ1) is 17.5. The number of carboxylic acid groups (broad SMARTS) is 1. The molecule has 0 bridgehead atoms. The van der Waals surface area contributed by atoms with Gasteiger partial charge in [-0.3, -0.25) is 9.59 Å². The van der Waals surface area contributed by atoms with Gasteiger partial charge >= 0.3 is 6.09 Å². The Morgan fingerprint density at radius 2 is 1.76 bits per heavy atom. The van der Waals surface area contributed by atoms with E-state index >= 15 is 0 Å². The lowest BCUT2D eigenvalue weighted by atomic mass is 9.92. The molecule has 2 aliphatic carbocycles. The van der Waals surface area contributed by atoms with E-state index in [-0.39, 0.29) is 24.1 Å². The summed E-state index contributed by atoms with van der Waals surface area (Å²) in [6, 6.07) is 2.66. The lowest BCUT2D eigenvalue weighted by molar-refractivity contribution is -0.122. The van der Waals surface area contributed by atoms with E-state index in [9.17, 15) is 9.59 Å². The van der Waals surface area contributed by atoms with E-state index in [0.717, 1.165) is 31.6 Å². The molecule has 2 saturated carbocycles. The number of amides is 2. The number of hydrogen-bond donors (Lipinski definition) is 3. The number of pyridine rings is 1. The van der Waals surface area contributed by atoms with E-state index in [0.29, 0.717) is 30.1 Å². The maximum Gasteiger partial charge on any atom is 0.410 e. The Morgan fingerprint density at radius 3 is 2.24 bits per heavy atom. The molecule has 208 valence electrons. The number of piperidine rings is 1. The van der Waals surface area contributed by atoms with Gasteiger partial charge in [0, 0.05) is 31.9 Å². The van der Waals surface area contributed by atoms with Crippen LogP contribution in [0.5, 0.6) is 0 Å². The number of carbonyl (C=O) groups excluding carboxylic acids is 2. The van der Waals surface area contributed by atoms with Crippen molar-refractivity contribution in [1.29, 1.82) is 0 Å². The lowest BCUT2D eigenvalue weighted by Gasteiger charge is -2.29. The molecule has 2 heterocycles. The summed E-state index contributed by atoms with van der Waals surface area (Å²) >= 11 is 0. The van der Waals surface area contributed by atoms with Gasteiger partial charge < -0.3 is 25.4 Å². The number of likely N-dealkylation sites (tertiary alicyclic amines) is 1. The molecule has 0 aromatic carbocycles. The number of aromatic nitrogens is 1. The number of hydrogen-bond acceptors (Lipinski definition) is 6. The van der Waals surface area contributed by atoms with E-state index in [1.165, 1.54) is 44.1 Å². The van der Waals surface area contributed by atoms with Crippen molar-refractivity contribution in [2.45, 2.75) is 104 Å². The molecule has 0 unspecified atom stereocenters. The molecule has 0 radical (unpaired) electrons. The molecule has 3 N–H and O–H groups in total. The molecule has 0 atom stereocenters. The van der Waals surface area contributed by atoms with Gasteiger partial charge in [0.05, 0.1) is 5.69 Å². The highest BCUT2D eigenvalue weighted by Gasteiger charge is 2.27. The fourth-order valence-corrected chi connectivity index (χ4v) is 3.97. The Kier molecular flexibility index (Phi) is 12.1. The van der Waals surface area contributed by atoms with Crippen LogP contribution < -0.4 is 10.6 Å². The maximum atomic E-state index is 12.3. The lowest BCUT2D eigenvalue weighted by Crippen LogP contribution is -2.39. The first kappa shape index (κ1) is 30.4. The summed E-state index contributed by atoms with van der Waals surface area (Å²) in [6.45, 7) is 12.0. The summed E-state index contributed by atoms with van der Waals surface area (Å²) in [5, 5.41) is 13.4. The largest absolute Gasteiger partial charge is 0.483 e. The molecule has 4 rings (SSSR count). The molecule has 1 saturated heterocycles. The number of rotatable bonds is 6. The molecule has 1 aromatic rings. The van der Waals surface area contributed by atoms with Crippen molar-refractivity contribution >= 4 is 24.2 Å². The third kappa shape index (κ3) is 11.4. The zero-order valence-electron chi connectivity index (χ0n) is 23.2. The molecule has 37 heavy (non-hydrogen) atoms. The van der Waals surface area contributed by atoms with Crippen LogP contribution in [0.25, 0.3) is 0 Å². The highest BCUT2D eigenvalue weighted by molar-refractivity contribution is 5.97. The molecule has 2 amide bonds. The van der Waals surface area contributed by atoms with Crippen LogP contribution in [0.4, 0.5) is 10.5 Å². The van der Waals surface area contributed by atoms with Gasteiger partial charge in [0.15, 0.2) is 5.69 Å². The zero-order valence-corrected chi connectivity index (χ0v) is 23.2. The Balaban J connectivity index is 0.000000258. The molecule has 1 aliphatic heterocycles. The second-order valence-corrected chi connectivity index (χ2v) is 11.4. The van der Waals surface area contributed by atoms with Crippen LogP contribution in [-0.4, -0.2) is 64.7 Å². The van der Waals surface area contributed by atoms with Crippen molar-refractivity contribution in [2.75, 3.05) is 25.0 Å². The van der Waals surface area contributed by atoms with Gasteiger partial charge in [-0.2, -0.15) is 0 Å². The van der Waals surface area contributed by atoms with E-state index in [2.05, 4.69) is 35.5 Å². The van der Waals surface area contributed by atoms with Gasteiger partial charge in [-0.25, -0.2) is 9.78 Å². The van der Waals surface area contributed by atoms with Crippen LogP contribution in [-0.2, 0) is 9.53 Å². The summed E-state index contributed by atoms with van der Waals surface area (Å²) < 4.78 is 5.26. The zero-order chi connectivity index (χ0) is 27.4. The number of nitrogens with zero attached hydrogens (tertiary/aromatic N) is 2. The van der Waals surface area contributed by atoms with Crippen LogP contribution in [0.2, 0.25) is 0 Å². The van der Waals surface area contributed by atoms with E-state index in [4.69, 9.17) is 14.6 Å². The van der Waals surface area contributed by atoms with Crippen LogP contribution in [0.1, 0.15) is 108 Å². The Hall–Kier alpha value is -2.84. The van der Waals surface area contributed by atoms with Crippen molar-refractivity contribution in [1.82, 2.24) is 15.2 Å². The molecule has 3 fully saturated rings. The number of anilines is 1. The second-order valence-electron chi connectivity index (χ2n) is 11.4. The normalized spacial score (nSPS) is 17.3. The summed E-state index contributed by atoms with van der Waals surface area (Å²) in [6.07, 6.45) is 11.4. The van der Waals surface area contributed by atoms with Crippen LogP contribution in [0, 0.1) is 5.92 Å². The number of nitrogens with one attached hydrogen (secondary N) is 2. The van der Waals surface area contributed by atoms with Gasteiger partial charge in [-0.15, -0.1) is 0 Å². The molecular weight excluding hydrogens is 472 g/mol. The van der Waals surface area contributed by atoms with E-state index in [1.54, 1.807) is 4.90 Å². The summed E-state index contributed by atoms with van der Waals surface area (Å²) in [5.41, 5.74) is 2.38. The Bertz CT molecular complexity index is 870. The monoisotopic (exact) mass is 518 g/mol. The van der Waals surface area contributed by atoms with Gasteiger partial charge in [0.25, 0.3) is 12.4 Å². The number of ether oxygens (including phenoxy) is 1. The predicted molar refractivity (Wildman–Crippen MR) is 145 cm³/mol. The SMILES string of the molecule is CC(C)(C)OC(=O)N1CCCCC1.CC(C)CNC(=O)c1ncc(C2CC2)cc1NC1CCC1.O=CO. The van der Waals surface area contributed by atoms with E-state index in [1.807, 2.05) is 27.0 Å². The van der Waals surface area contributed by atoms with Gasteiger partial charge in [0.1, 0.15) is 5.60 Å². The third-order valence-electron chi connectivity index (χ3n) is 6.32. The van der Waals surface area contributed by atoms with Crippen molar-refractivity contribution in [3.05, 3.63) is 23.5 Å². The standard InChI is InChI=1S/C17H25N3O.C10H19NO2.CH2O2/c1-11(2)9-19-17(21)16-15(20-14-4-3-5-14)8-13(10-18-16)12-6-7-12;1-10(2,3)13-9(12)11-7-5-4-6-8-11;2-1-3/h8,10-12,14,20H,3-7,9H2,1-2H3,(H,19,21);4-8H2,1-3H3;1H,(H,2,3). The Labute approximate surface area is 221 Å². The second kappa shape index (κ2) is 14.8. The fourth-order valence-electron chi connectivity index (χ4n) is 3.97. The molecule has 3 aliphatic rings. The van der Waals surface area contributed by atoms with E-state index < -0.39 is 0 Å². The quantitative estimate of drug-likeness (QED) is 0.430. The minimum Gasteiger partial charge on any atom is -0.483 e. The summed E-state index contributed by atoms with van der Waals surface area (Å²) in [7, 11) is 0. The van der Waals surface area contributed by atoms with Gasteiger partial charge in [0.2, 0.25) is 0 Å². The van der Waals surface area contributed by atoms with Gasteiger partial charge in [-0.1, -0.05) is 13.8 Å². The van der Waals surface area contributed by atoms with Gasteiger partial charge in [-0.05, 0) is 95.6 Å². The molecular formula is C28H46N4O5. The van der Waals surface area contributed by atoms with Crippen LogP contribution in [0.15, 0.2) is 12.3 Å². The van der Waals surface area contributed by atoms with Crippen molar-refractivity contribution in [3.63, 3.8) is 0 Å². The van der Waals surface area contributed by atoms with Crippen molar-refractivity contribution in [3.8, 4) is 0 Å². The maximum absolute atomic E-state index is 12.3. The summed E-state index contributed by atoms with van der Waals surface area (Å²) in [5.74, 6) is 1.04. The topological polar surface area (TPSA) is 121 Å². The highest BCUT2D eigenvalue weighted by atomic mass is 16.6. The van der Waals surface area contributed by atoms with Crippen LogP contribution >= 0.6 is 0 Å². The fraction of sp³-hybridized carbons (Fsp3) is 0.714. The highest BCUT2D eigenvalue weighted by Crippen LogP contribution is 2.41. The third-order valence-corrected chi connectivity index (χ3v) is 6.32. The predicted octanol–water partition coefficient (Wildman–Crippen LogP) is 5.42. The van der Waals surface area contributed by atoms with Crippen molar-refractivity contribution < 1.29 is 24.2 Å². The first-order valence-electron chi connectivity index (χ1n) is 13.6.